The van der Waals surface area contributed by atoms with Crippen LogP contribution < -0.4 is 4.74 Å². The lowest BCUT2D eigenvalue weighted by Gasteiger charge is -2.18. The molecule has 0 aliphatic heterocycles. The summed E-state index contributed by atoms with van der Waals surface area (Å²) in [5.41, 5.74) is -3.63. The number of esters is 1. The molecule has 3 nitrogen and oxygen atoms in total. The molecule has 0 heterocycles. The topological polar surface area (TPSA) is 35.5 Å². The molecule has 9 heteroatoms. The molecule has 128 valence electrons. The molecule has 0 fully saturated rings. The first-order valence-electron chi connectivity index (χ1n) is 6.22. The molecule has 0 saturated carbocycles. The molecule has 1 aromatic rings. The summed E-state index contributed by atoms with van der Waals surface area (Å²) in [6.07, 6.45) is -8.56. The van der Waals surface area contributed by atoms with Crippen LogP contribution in [0.1, 0.15) is 23.6 Å². The summed E-state index contributed by atoms with van der Waals surface area (Å²) in [5.74, 6) is -2.20. The Labute approximate surface area is 127 Å². The van der Waals surface area contributed by atoms with E-state index in [9.17, 15) is 31.1 Å². The summed E-state index contributed by atoms with van der Waals surface area (Å²) in [6.45, 7) is 1.52. The van der Waals surface area contributed by atoms with Crippen molar-refractivity contribution in [1.29, 1.82) is 0 Å². The summed E-state index contributed by atoms with van der Waals surface area (Å²) >= 11 is 0. The van der Waals surface area contributed by atoms with Crippen LogP contribution in [0.2, 0.25) is 0 Å². The van der Waals surface area contributed by atoms with Crippen molar-refractivity contribution < 1.29 is 40.6 Å². The Kier molecular flexibility index (Phi) is 5.68. The van der Waals surface area contributed by atoms with Crippen LogP contribution >= 0.6 is 0 Å². The van der Waals surface area contributed by atoms with Crippen molar-refractivity contribution in [2.24, 2.45) is 0 Å². The van der Waals surface area contributed by atoms with Gasteiger partial charge in [-0.15, -0.1) is 0 Å². The first-order chi connectivity index (χ1) is 10.5. The van der Waals surface area contributed by atoms with Crippen LogP contribution in [-0.4, -0.2) is 19.7 Å². The molecule has 0 atom stereocenters. The van der Waals surface area contributed by atoms with Crippen molar-refractivity contribution in [3.8, 4) is 5.75 Å². The van der Waals surface area contributed by atoms with Crippen LogP contribution in [0.4, 0.5) is 26.3 Å². The number of halogens is 6. The van der Waals surface area contributed by atoms with Gasteiger partial charge in [0.2, 0.25) is 0 Å². The van der Waals surface area contributed by atoms with E-state index in [-0.39, 0.29) is 6.61 Å². The van der Waals surface area contributed by atoms with Crippen LogP contribution in [-0.2, 0) is 21.9 Å². The van der Waals surface area contributed by atoms with E-state index >= 15 is 0 Å². The second-order valence-electron chi connectivity index (χ2n) is 4.23. The lowest BCUT2D eigenvalue weighted by molar-refractivity contribution is -0.145. The largest absolute Gasteiger partial charge is 0.495 e. The maximum absolute atomic E-state index is 12.9. The quantitative estimate of drug-likeness (QED) is 0.465. The highest BCUT2D eigenvalue weighted by Crippen LogP contribution is 2.44. The Morgan fingerprint density at radius 2 is 1.57 bits per heavy atom. The third kappa shape index (κ3) is 4.90. The van der Waals surface area contributed by atoms with Gasteiger partial charge in [-0.1, -0.05) is 0 Å². The second-order valence-corrected chi connectivity index (χ2v) is 4.23. The number of rotatable bonds is 4. The Hall–Kier alpha value is -2.19. The molecule has 0 amide bonds. The van der Waals surface area contributed by atoms with E-state index in [1.165, 1.54) is 6.92 Å². The molecular formula is C14H12F6O3. The molecule has 23 heavy (non-hydrogen) atoms. The van der Waals surface area contributed by atoms with E-state index in [4.69, 9.17) is 0 Å². The fraction of sp³-hybridized carbons (Fsp3) is 0.357. The molecule has 0 saturated heterocycles. The minimum Gasteiger partial charge on any atom is -0.495 e. The zero-order valence-corrected chi connectivity index (χ0v) is 12.0. The van der Waals surface area contributed by atoms with Crippen LogP contribution in [0, 0.1) is 0 Å². The maximum Gasteiger partial charge on any atom is 0.419 e. The lowest BCUT2D eigenvalue weighted by atomic mass is 10.0. The Morgan fingerprint density at radius 3 is 1.91 bits per heavy atom. The standard InChI is InChI=1S/C14H12F6O3/c1-3-23-11(21)5-4-8-6-9(13(15,16)17)12(22-2)10(7-8)14(18,19)20/h4-7H,3H2,1-2H3. The zero-order chi connectivity index (χ0) is 17.8. The Balaban J connectivity index is 3.48. The first-order valence-corrected chi connectivity index (χ1v) is 6.22. The number of alkyl halides is 6. The van der Waals surface area contributed by atoms with Crippen LogP contribution in [0.15, 0.2) is 18.2 Å². The first kappa shape index (κ1) is 18.9. The fourth-order valence-corrected chi connectivity index (χ4v) is 1.74. The lowest BCUT2D eigenvalue weighted by Crippen LogP contribution is -2.14. The Morgan fingerprint density at radius 1 is 1.09 bits per heavy atom. The van der Waals surface area contributed by atoms with Gasteiger partial charge in [0.05, 0.1) is 24.8 Å². The van der Waals surface area contributed by atoms with E-state index in [1.807, 2.05) is 0 Å². The van der Waals surface area contributed by atoms with Gasteiger partial charge in [-0.25, -0.2) is 4.79 Å². The van der Waals surface area contributed by atoms with E-state index in [2.05, 4.69) is 9.47 Å². The van der Waals surface area contributed by atoms with Crippen LogP contribution in [0.3, 0.4) is 0 Å². The Bertz CT molecular complexity index is 567. The van der Waals surface area contributed by atoms with Gasteiger partial charge < -0.3 is 9.47 Å². The predicted molar refractivity (Wildman–Crippen MR) is 68.7 cm³/mol. The van der Waals surface area contributed by atoms with Gasteiger partial charge in [0.15, 0.2) is 0 Å². The maximum atomic E-state index is 12.9. The third-order valence-electron chi connectivity index (χ3n) is 2.62. The number of methoxy groups -OCH3 is 1. The third-order valence-corrected chi connectivity index (χ3v) is 2.62. The predicted octanol–water partition coefficient (Wildman–Crippen LogP) is 4.31. The van der Waals surface area contributed by atoms with E-state index in [1.54, 1.807) is 0 Å². The number of benzene rings is 1. The molecule has 0 spiro atoms. The van der Waals surface area contributed by atoms with E-state index in [0.29, 0.717) is 19.2 Å². The fourth-order valence-electron chi connectivity index (χ4n) is 1.74. The SMILES string of the molecule is CCOC(=O)C=Cc1cc(C(F)(F)F)c(OC)c(C(F)(F)F)c1. The zero-order valence-electron chi connectivity index (χ0n) is 12.0. The van der Waals surface area contributed by atoms with Crippen molar-refractivity contribution in [3.05, 3.63) is 34.9 Å². The van der Waals surface area contributed by atoms with Crippen molar-refractivity contribution in [1.82, 2.24) is 0 Å². The van der Waals surface area contributed by atoms with Crippen LogP contribution in [0.25, 0.3) is 6.08 Å². The van der Waals surface area contributed by atoms with Gasteiger partial charge in [0.25, 0.3) is 0 Å². The summed E-state index contributed by atoms with van der Waals surface area (Å²) < 4.78 is 86.4. The summed E-state index contributed by atoms with van der Waals surface area (Å²) in [5, 5.41) is 0. The molecule has 1 aromatic carbocycles. The van der Waals surface area contributed by atoms with Crippen molar-refractivity contribution in [2.75, 3.05) is 13.7 Å². The summed E-state index contributed by atoms with van der Waals surface area (Å²) in [7, 11) is 0.716. The highest BCUT2D eigenvalue weighted by atomic mass is 19.4. The molecule has 0 unspecified atom stereocenters. The molecule has 0 radical (unpaired) electrons. The molecule has 1 rings (SSSR count). The smallest absolute Gasteiger partial charge is 0.419 e. The van der Waals surface area contributed by atoms with Gasteiger partial charge >= 0.3 is 18.3 Å². The number of hydrogen-bond acceptors (Lipinski definition) is 3. The number of carbonyl (C=O) groups is 1. The van der Waals surface area contributed by atoms with Crippen molar-refractivity contribution in [2.45, 2.75) is 19.3 Å². The molecular weight excluding hydrogens is 330 g/mol. The van der Waals surface area contributed by atoms with Gasteiger partial charge in [0, 0.05) is 6.08 Å². The normalized spacial score (nSPS) is 12.5. The summed E-state index contributed by atoms with van der Waals surface area (Å²) in [6, 6.07) is 0.924. The highest BCUT2D eigenvalue weighted by molar-refractivity contribution is 5.87. The van der Waals surface area contributed by atoms with Gasteiger partial charge in [-0.05, 0) is 30.7 Å². The van der Waals surface area contributed by atoms with Gasteiger partial charge in [0.1, 0.15) is 5.75 Å². The average Bonchev–Trinajstić information content (AvgIpc) is 2.42. The minimum absolute atomic E-state index is 0.0212. The van der Waals surface area contributed by atoms with Gasteiger partial charge in [-0.2, -0.15) is 26.3 Å². The number of carbonyl (C=O) groups excluding carboxylic acids is 1. The minimum atomic E-state index is -5.06. The molecule has 0 aromatic heterocycles. The highest BCUT2D eigenvalue weighted by Gasteiger charge is 2.42. The molecule has 0 aliphatic rings. The van der Waals surface area contributed by atoms with Crippen LogP contribution in [0.5, 0.6) is 5.75 Å². The molecule has 0 bridgehead atoms. The average molecular weight is 342 g/mol. The van der Waals surface area contributed by atoms with Crippen molar-refractivity contribution in [3.63, 3.8) is 0 Å². The molecule has 0 N–H and O–H groups in total. The van der Waals surface area contributed by atoms with Gasteiger partial charge in [-0.3, -0.25) is 0 Å². The monoisotopic (exact) mass is 342 g/mol. The summed E-state index contributed by atoms with van der Waals surface area (Å²) in [4.78, 5) is 11.1. The molecule has 0 aliphatic carbocycles. The number of ether oxygens (including phenoxy) is 2. The van der Waals surface area contributed by atoms with E-state index < -0.39 is 40.8 Å². The second kappa shape index (κ2) is 6.93. The van der Waals surface area contributed by atoms with Crippen molar-refractivity contribution >= 4 is 12.0 Å². The van der Waals surface area contributed by atoms with E-state index in [0.717, 1.165) is 12.2 Å². The number of hydrogen-bond donors (Lipinski definition) is 0.